The molecule has 0 saturated carbocycles. The van der Waals surface area contributed by atoms with Crippen LogP contribution in [0.25, 0.3) is 0 Å². The van der Waals surface area contributed by atoms with E-state index >= 15 is 0 Å². The molecular formula is C12H14OS. The lowest BCUT2D eigenvalue weighted by Gasteiger charge is -2.14. The summed E-state index contributed by atoms with van der Waals surface area (Å²) < 4.78 is 0. The quantitative estimate of drug-likeness (QED) is 0.637. The van der Waals surface area contributed by atoms with Crippen molar-refractivity contribution in [2.75, 3.05) is 0 Å². The van der Waals surface area contributed by atoms with E-state index in [1.165, 1.54) is 34.6 Å². The van der Waals surface area contributed by atoms with Crippen LogP contribution in [0.15, 0.2) is 0 Å². The second-order valence-electron chi connectivity index (χ2n) is 4.29. The molecule has 1 aromatic heterocycles. The highest BCUT2D eigenvalue weighted by atomic mass is 32.1. The molecular weight excluding hydrogens is 192 g/mol. The molecule has 1 heterocycles. The molecule has 0 unspecified atom stereocenters. The van der Waals surface area contributed by atoms with Crippen molar-refractivity contribution in [3.8, 4) is 0 Å². The molecule has 0 fully saturated rings. The Morgan fingerprint density at radius 1 is 0.857 bits per heavy atom. The van der Waals surface area contributed by atoms with E-state index < -0.39 is 0 Å². The van der Waals surface area contributed by atoms with Crippen molar-refractivity contribution in [2.45, 2.75) is 44.9 Å². The molecule has 0 radical (unpaired) electrons. The molecule has 0 aliphatic heterocycles. The van der Waals surface area contributed by atoms with Crippen LogP contribution in [-0.2, 0) is 19.3 Å². The van der Waals surface area contributed by atoms with Crippen molar-refractivity contribution in [3.63, 3.8) is 0 Å². The van der Waals surface area contributed by atoms with Crippen LogP contribution < -0.4 is 0 Å². The largest absolute Gasteiger partial charge is 0.294 e. The molecule has 0 bridgehead atoms. The number of aryl methyl sites for hydroxylation is 2. The second-order valence-corrected chi connectivity index (χ2v) is 5.48. The average Bonchev–Trinajstić information content (AvgIpc) is 2.57. The molecule has 2 aliphatic rings. The van der Waals surface area contributed by atoms with Crippen LogP contribution >= 0.6 is 11.3 Å². The van der Waals surface area contributed by atoms with Gasteiger partial charge in [0.25, 0.3) is 0 Å². The third-order valence-electron chi connectivity index (χ3n) is 3.33. The molecule has 0 saturated heterocycles. The van der Waals surface area contributed by atoms with Gasteiger partial charge in [0.15, 0.2) is 5.78 Å². The highest BCUT2D eigenvalue weighted by Crippen LogP contribution is 2.38. The first-order valence-corrected chi connectivity index (χ1v) is 6.34. The number of hydrogen-bond acceptors (Lipinski definition) is 2. The van der Waals surface area contributed by atoms with E-state index in [4.69, 9.17) is 0 Å². The van der Waals surface area contributed by atoms with Crippen molar-refractivity contribution in [1.82, 2.24) is 0 Å². The van der Waals surface area contributed by atoms with Crippen LogP contribution in [0, 0.1) is 0 Å². The summed E-state index contributed by atoms with van der Waals surface area (Å²) in [4.78, 5) is 14.7. The number of hydrogen-bond donors (Lipinski definition) is 0. The highest BCUT2D eigenvalue weighted by molar-refractivity contribution is 7.12. The molecule has 74 valence electrons. The maximum absolute atomic E-state index is 11.8. The van der Waals surface area contributed by atoms with Gasteiger partial charge in [-0.05, 0) is 44.1 Å². The first-order valence-electron chi connectivity index (χ1n) is 5.53. The number of thiophene rings is 1. The van der Waals surface area contributed by atoms with E-state index in [-0.39, 0.29) is 0 Å². The van der Waals surface area contributed by atoms with Crippen molar-refractivity contribution >= 4 is 17.1 Å². The zero-order valence-corrected chi connectivity index (χ0v) is 9.08. The fraction of sp³-hybridized carbons (Fsp3) is 0.583. The Kier molecular flexibility index (Phi) is 1.98. The van der Waals surface area contributed by atoms with E-state index in [1.54, 1.807) is 0 Å². The minimum absolute atomic E-state index is 0.422. The van der Waals surface area contributed by atoms with E-state index in [0.717, 1.165) is 31.2 Å². The van der Waals surface area contributed by atoms with Crippen LogP contribution in [0.1, 0.15) is 51.4 Å². The lowest BCUT2D eigenvalue weighted by Crippen LogP contribution is -2.11. The first-order chi connectivity index (χ1) is 6.86. The minimum atomic E-state index is 0.422. The normalized spacial score (nSPS) is 20.4. The average molecular weight is 206 g/mol. The summed E-state index contributed by atoms with van der Waals surface area (Å²) in [6.07, 6.45) is 8.00. The molecule has 0 N–H and O–H groups in total. The number of carbonyl (C=O) groups is 1. The standard InChI is InChI=1S/C12H14OS/c13-9-5-3-7-11-12(9)8-4-1-2-6-10(8)14-11/h1-7H2. The molecule has 0 spiro atoms. The maximum Gasteiger partial charge on any atom is 0.164 e. The molecule has 3 rings (SSSR count). The van der Waals surface area contributed by atoms with Crippen LogP contribution in [0.2, 0.25) is 0 Å². The second kappa shape index (κ2) is 3.20. The van der Waals surface area contributed by atoms with Gasteiger partial charge in [-0.25, -0.2) is 0 Å². The summed E-state index contributed by atoms with van der Waals surface area (Å²) >= 11 is 1.92. The summed E-state index contributed by atoms with van der Waals surface area (Å²) in [5, 5.41) is 0. The van der Waals surface area contributed by atoms with E-state index in [2.05, 4.69) is 0 Å². The summed E-state index contributed by atoms with van der Waals surface area (Å²) in [6, 6.07) is 0. The van der Waals surface area contributed by atoms with Gasteiger partial charge in [0.2, 0.25) is 0 Å². The van der Waals surface area contributed by atoms with Crippen LogP contribution in [-0.4, -0.2) is 5.78 Å². The Balaban J connectivity index is 2.16. The zero-order chi connectivity index (χ0) is 9.54. The lowest BCUT2D eigenvalue weighted by atomic mass is 9.88. The summed E-state index contributed by atoms with van der Waals surface area (Å²) in [7, 11) is 0. The lowest BCUT2D eigenvalue weighted by molar-refractivity contribution is 0.0972. The van der Waals surface area contributed by atoms with E-state index in [9.17, 15) is 4.79 Å². The van der Waals surface area contributed by atoms with Crippen LogP contribution in [0.5, 0.6) is 0 Å². The Labute approximate surface area is 88.1 Å². The number of fused-ring (bicyclic) bond motifs is 3. The molecule has 0 atom stereocenters. The van der Waals surface area contributed by atoms with Gasteiger partial charge >= 0.3 is 0 Å². The summed E-state index contributed by atoms with van der Waals surface area (Å²) in [6.45, 7) is 0. The van der Waals surface area contributed by atoms with Gasteiger partial charge in [-0.2, -0.15) is 0 Å². The van der Waals surface area contributed by atoms with E-state index in [1.807, 2.05) is 11.3 Å². The summed E-state index contributed by atoms with van der Waals surface area (Å²) in [5.41, 5.74) is 2.58. The van der Waals surface area contributed by atoms with Crippen molar-refractivity contribution in [1.29, 1.82) is 0 Å². The number of Topliss-reactive ketones (excluding diaryl/α,β-unsaturated/α-hetero) is 1. The molecule has 1 nitrogen and oxygen atoms in total. The van der Waals surface area contributed by atoms with Crippen molar-refractivity contribution in [2.24, 2.45) is 0 Å². The minimum Gasteiger partial charge on any atom is -0.294 e. The Morgan fingerprint density at radius 3 is 2.57 bits per heavy atom. The molecule has 1 aromatic rings. The number of ketones is 1. The Morgan fingerprint density at radius 2 is 1.64 bits per heavy atom. The van der Waals surface area contributed by atoms with Crippen LogP contribution in [0.4, 0.5) is 0 Å². The fourth-order valence-electron chi connectivity index (χ4n) is 2.66. The third kappa shape index (κ3) is 1.17. The summed E-state index contributed by atoms with van der Waals surface area (Å²) in [5.74, 6) is 0.422. The Hall–Kier alpha value is -0.630. The monoisotopic (exact) mass is 206 g/mol. The Bertz CT molecular complexity index is 389. The molecule has 2 heteroatoms. The smallest absolute Gasteiger partial charge is 0.164 e. The van der Waals surface area contributed by atoms with Gasteiger partial charge in [-0.3, -0.25) is 4.79 Å². The zero-order valence-electron chi connectivity index (χ0n) is 8.27. The van der Waals surface area contributed by atoms with E-state index in [0.29, 0.717) is 5.78 Å². The predicted molar refractivity (Wildman–Crippen MR) is 58.2 cm³/mol. The fourth-order valence-corrected chi connectivity index (χ4v) is 4.11. The molecule has 0 aromatic carbocycles. The van der Waals surface area contributed by atoms with Gasteiger partial charge in [-0.1, -0.05) is 0 Å². The van der Waals surface area contributed by atoms with Gasteiger partial charge in [-0.15, -0.1) is 11.3 Å². The van der Waals surface area contributed by atoms with Gasteiger partial charge in [0.05, 0.1) is 0 Å². The van der Waals surface area contributed by atoms with Crippen molar-refractivity contribution in [3.05, 3.63) is 20.9 Å². The van der Waals surface area contributed by atoms with Gasteiger partial charge in [0.1, 0.15) is 0 Å². The molecule has 0 amide bonds. The maximum atomic E-state index is 11.8. The third-order valence-corrected chi connectivity index (χ3v) is 4.68. The van der Waals surface area contributed by atoms with Gasteiger partial charge in [0, 0.05) is 21.7 Å². The van der Waals surface area contributed by atoms with Crippen molar-refractivity contribution < 1.29 is 4.79 Å². The van der Waals surface area contributed by atoms with Gasteiger partial charge < -0.3 is 0 Å². The molecule has 14 heavy (non-hydrogen) atoms. The molecule has 2 aliphatic carbocycles. The topological polar surface area (TPSA) is 17.1 Å². The predicted octanol–water partition coefficient (Wildman–Crippen LogP) is 3.15. The number of carbonyl (C=O) groups excluding carboxylic acids is 1. The number of rotatable bonds is 0. The van der Waals surface area contributed by atoms with Crippen LogP contribution in [0.3, 0.4) is 0 Å². The first kappa shape index (κ1) is 8.66. The highest BCUT2D eigenvalue weighted by Gasteiger charge is 2.27. The SMILES string of the molecule is O=C1CCCc2sc3c(c21)CCCC3.